The molecule has 0 spiro atoms. The first kappa shape index (κ1) is 15.5. The van der Waals surface area contributed by atoms with Crippen molar-refractivity contribution in [3.05, 3.63) is 34.9 Å². The molecule has 0 bridgehead atoms. The third-order valence-corrected chi connectivity index (χ3v) is 4.32. The first-order valence-corrected chi connectivity index (χ1v) is 8.03. The number of hydrogen-bond acceptors (Lipinski definition) is 2. The van der Waals surface area contributed by atoms with Crippen LogP contribution in [0.15, 0.2) is 18.2 Å². The average Bonchev–Trinajstić information content (AvgIpc) is 3.16. The zero-order valence-corrected chi connectivity index (χ0v) is 13.5. The van der Waals surface area contributed by atoms with Gasteiger partial charge in [0.1, 0.15) is 0 Å². The van der Waals surface area contributed by atoms with Gasteiger partial charge in [-0.15, -0.1) is 0 Å². The molecule has 1 unspecified atom stereocenters. The Morgan fingerprint density at radius 2 is 1.75 bits per heavy atom. The van der Waals surface area contributed by atoms with Crippen LogP contribution < -0.4 is 5.73 Å². The topological polar surface area (TPSA) is 29.3 Å². The Labute approximate surface area is 124 Å². The van der Waals surface area contributed by atoms with Crippen LogP contribution in [-0.2, 0) is 0 Å². The van der Waals surface area contributed by atoms with Crippen molar-refractivity contribution in [1.82, 2.24) is 4.90 Å². The van der Waals surface area contributed by atoms with Crippen molar-refractivity contribution in [2.75, 3.05) is 13.1 Å². The monoisotopic (exact) mass is 274 g/mol. The summed E-state index contributed by atoms with van der Waals surface area (Å²) in [6, 6.07) is 7.47. The van der Waals surface area contributed by atoms with E-state index >= 15 is 0 Å². The molecule has 1 saturated carbocycles. The lowest BCUT2D eigenvalue weighted by atomic mass is 9.99. The van der Waals surface area contributed by atoms with Crippen molar-refractivity contribution in [3.63, 3.8) is 0 Å². The number of hydrogen-bond donors (Lipinski definition) is 1. The molecule has 2 heteroatoms. The molecule has 0 aliphatic heterocycles. The normalized spacial score (nSPS) is 16.9. The number of benzene rings is 1. The van der Waals surface area contributed by atoms with Gasteiger partial charge in [0.25, 0.3) is 0 Å². The zero-order valence-electron chi connectivity index (χ0n) is 13.5. The quantitative estimate of drug-likeness (QED) is 0.819. The molecular weight excluding hydrogens is 244 g/mol. The molecule has 1 aliphatic carbocycles. The highest BCUT2D eigenvalue weighted by atomic mass is 15.1. The van der Waals surface area contributed by atoms with Gasteiger partial charge >= 0.3 is 0 Å². The Morgan fingerprint density at radius 1 is 1.15 bits per heavy atom. The first-order valence-electron chi connectivity index (χ1n) is 8.03. The molecule has 2 nitrogen and oxygen atoms in total. The molecule has 1 aliphatic rings. The number of nitrogens with zero attached hydrogens (tertiary/aromatic N) is 1. The van der Waals surface area contributed by atoms with Crippen LogP contribution >= 0.6 is 0 Å². The molecule has 2 rings (SSSR count). The molecular formula is C18H30N2. The standard InChI is InChI=1S/C18H30N2/c1-13(2)20(12-16-5-6-16)8-7-18(19)17-10-14(3)9-15(4)11-17/h9-11,13,16,18H,5-8,12,19H2,1-4H3. The fourth-order valence-corrected chi connectivity index (χ4v) is 2.89. The Bertz CT molecular complexity index is 415. The number of nitrogens with two attached hydrogens (primary N) is 1. The van der Waals surface area contributed by atoms with Crippen molar-refractivity contribution < 1.29 is 0 Å². The molecule has 1 fully saturated rings. The van der Waals surface area contributed by atoms with Gasteiger partial charge in [-0.3, -0.25) is 0 Å². The highest BCUT2D eigenvalue weighted by Gasteiger charge is 2.25. The van der Waals surface area contributed by atoms with E-state index in [0.717, 1.165) is 18.9 Å². The molecule has 0 heterocycles. The number of aryl methyl sites for hydroxylation is 2. The van der Waals surface area contributed by atoms with Gasteiger partial charge in [-0.25, -0.2) is 0 Å². The van der Waals surface area contributed by atoms with Gasteiger partial charge in [0.2, 0.25) is 0 Å². The van der Waals surface area contributed by atoms with E-state index in [9.17, 15) is 0 Å². The van der Waals surface area contributed by atoms with Crippen LogP contribution in [-0.4, -0.2) is 24.0 Å². The minimum Gasteiger partial charge on any atom is -0.324 e. The summed E-state index contributed by atoms with van der Waals surface area (Å²) in [4.78, 5) is 2.60. The summed E-state index contributed by atoms with van der Waals surface area (Å²) >= 11 is 0. The highest BCUT2D eigenvalue weighted by molar-refractivity contribution is 5.30. The second kappa shape index (κ2) is 6.73. The predicted molar refractivity (Wildman–Crippen MR) is 86.9 cm³/mol. The Hall–Kier alpha value is -0.860. The van der Waals surface area contributed by atoms with E-state index in [1.807, 2.05) is 0 Å². The first-order chi connectivity index (χ1) is 9.45. The van der Waals surface area contributed by atoms with Crippen LogP contribution in [0.25, 0.3) is 0 Å². The second-order valence-electron chi connectivity index (χ2n) is 6.85. The maximum absolute atomic E-state index is 6.40. The molecule has 1 aromatic rings. The molecule has 112 valence electrons. The fraction of sp³-hybridized carbons (Fsp3) is 0.667. The van der Waals surface area contributed by atoms with E-state index in [1.54, 1.807) is 0 Å². The van der Waals surface area contributed by atoms with Crippen LogP contribution in [0.5, 0.6) is 0 Å². The summed E-state index contributed by atoms with van der Waals surface area (Å²) in [5.74, 6) is 0.954. The Morgan fingerprint density at radius 3 is 2.25 bits per heavy atom. The Kier molecular flexibility index (Phi) is 5.22. The van der Waals surface area contributed by atoms with Gasteiger partial charge in [-0.1, -0.05) is 29.3 Å². The molecule has 0 radical (unpaired) electrons. The summed E-state index contributed by atoms with van der Waals surface area (Å²) in [5.41, 5.74) is 10.3. The van der Waals surface area contributed by atoms with E-state index < -0.39 is 0 Å². The fourth-order valence-electron chi connectivity index (χ4n) is 2.89. The minimum absolute atomic E-state index is 0.161. The molecule has 0 amide bonds. The summed E-state index contributed by atoms with van der Waals surface area (Å²) in [6.45, 7) is 11.3. The van der Waals surface area contributed by atoms with Crippen molar-refractivity contribution in [3.8, 4) is 0 Å². The van der Waals surface area contributed by atoms with Crippen LogP contribution in [0.2, 0.25) is 0 Å². The lowest BCUT2D eigenvalue weighted by molar-refractivity contribution is 0.205. The summed E-state index contributed by atoms with van der Waals surface area (Å²) in [5, 5.41) is 0. The van der Waals surface area contributed by atoms with Crippen LogP contribution in [0, 0.1) is 19.8 Å². The zero-order chi connectivity index (χ0) is 14.7. The lowest BCUT2D eigenvalue weighted by Crippen LogP contribution is -2.35. The van der Waals surface area contributed by atoms with E-state index in [0.29, 0.717) is 6.04 Å². The van der Waals surface area contributed by atoms with Crippen molar-refractivity contribution in [1.29, 1.82) is 0 Å². The highest BCUT2D eigenvalue weighted by Crippen LogP contribution is 2.30. The van der Waals surface area contributed by atoms with Crippen LogP contribution in [0.1, 0.15) is 55.8 Å². The third-order valence-electron chi connectivity index (χ3n) is 4.32. The van der Waals surface area contributed by atoms with Crippen molar-refractivity contribution in [2.45, 2.75) is 59.0 Å². The summed E-state index contributed by atoms with van der Waals surface area (Å²) < 4.78 is 0. The lowest BCUT2D eigenvalue weighted by Gasteiger charge is -2.28. The molecule has 20 heavy (non-hydrogen) atoms. The second-order valence-corrected chi connectivity index (χ2v) is 6.85. The molecule has 1 atom stereocenters. The molecule has 1 aromatic carbocycles. The molecule has 0 aromatic heterocycles. The van der Waals surface area contributed by atoms with Crippen LogP contribution in [0.4, 0.5) is 0 Å². The molecule has 0 saturated heterocycles. The maximum Gasteiger partial charge on any atom is 0.0307 e. The van der Waals surface area contributed by atoms with Gasteiger partial charge in [0, 0.05) is 25.2 Å². The van der Waals surface area contributed by atoms with Gasteiger partial charge in [0.15, 0.2) is 0 Å². The van der Waals surface area contributed by atoms with Gasteiger partial charge < -0.3 is 10.6 Å². The molecule has 2 N–H and O–H groups in total. The predicted octanol–water partition coefficient (Wildman–Crippen LogP) is 3.81. The van der Waals surface area contributed by atoms with Crippen molar-refractivity contribution in [2.24, 2.45) is 11.7 Å². The van der Waals surface area contributed by atoms with Gasteiger partial charge in [0.05, 0.1) is 0 Å². The van der Waals surface area contributed by atoms with Crippen molar-refractivity contribution >= 4 is 0 Å². The SMILES string of the molecule is Cc1cc(C)cc(C(N)CCN(CC2CC2)C(C)C)c1. The third kappa shape index (κ3) is 4.60. The van der Waals surface area contributed by atoms with E-state index in [-0.39, 0.29) is 6.04 Å². The largest absolute Gasteiger partial charge is 0.324 e. The summed E-state index contributed by atoms with van der Waals surface area (Å²) in [6.07, 6.45) is 3.90. The summed E-state index contributed by atoms with van der Waals surface area (Å²) in [7, 11) is 0. The van der Waals surface area contributed by atoms with Gasteiger partial charge in [-0.2, -0.15) is 0 Å². The van der Waals surface area contributed by atoms with E-state index in [1.165, 1.54) is 36.1 Å². The van der Waals surface area contributed by atoms with E-state index in [2.05, 4.69) is 50.8 Å². The number of rotatable bonds is 7. The maximum atomic E-state index is 6.40. The average molecular weight is 274 g/mol. The van der Waals surface area contributed by atoms with E-state index in [4.69, 9.17) is 5.73 Å². The minimum atomic E-state index is 0.161. The Balaban J connectivity index is 1.90. The van der Waals surface area contributed by atoms with Gasteiger partial charge in [-0.05, 0) is 58.4 Å². The van der Waals surface area contributed by atoms with Crippen LogP contribution in [0.3, 0.4) is 0 Å². The smallest absolute Gasteiger partial charge is 0.0307 e.